The molecule has 106 valence electrons. The van der Waals surface area contributed by atoms with Crippen LogP contribution in [0.3, 0.4) is 0 Å². The van der Waals surface area contributed by atoms with Crippen molar-refractivity contribution in [1.82, 2.24) is 15.0 Å². The molecule has 2 aromatic rings. The highest BCUT2D eigenvalue weighted by Crippen LogP contribution is 2.28. The first-order valence-electron chi connectivity index (χ1n) is 5.86. The fourth-order valence-corrected chi connectivity index (χ4v) is 3.01. The van der Waals surface area contributed by atoms with Crippen molar-refractivity contribution in [3.63, 3.8) is 0 Å². The lowest BCUT2D eigenvalue weighted by Crippen LogP contribution is -2.07. The van der Waals surface area contributed by atoms with Crippen molar-refractivity contribution in [2.75, 3.05) is 13.7 Å². The Kier molecular flexibility index (Phi) is 5.31. The third kappa shape index (κ3) is 4.17. The Morgan fingerprint density at radius 1 is 1.45 bits per heavy atom. The van der Waals surface area contributed by atoms with Crippen LogP contribution < -0.4 is 4.74 Å². The second-order valence-corrected chi connectivity index (χ2v) is 5.64. The van der Waals surface area contributed by atoms with E-state index >= 15 is 0 Å². The van der Waals surface area contributed by atoms with Gasteiger partial charge in [-0.3, -0.25) is 4.79 Å². The molecule has 0 aliphatic rings. The number of rotatable bonds is 6. The van der Waals surface area contributed by atoms with Crippen LogP contribution in [0.2, 0.25) is 0 Å². The Labute approximate surface area is 124 Å². The Morgan fingerprint density at radius 3 is 3.05 bits per heavy atom. The van der Waals surface area contributed by atoms with E-state index in [0.717, 1.165) is 4.34 Å². The standard InChI is InChI=1S/C12H13N3O3S2/c1-3-18-10(16)6-8-7-19-12(14-8)20-11-13-5-4-9(15-11)17-2/h4-5,7H,3,6H2,1-2H3. The molecule has 2 aromatic heterocycles. The van der Waals surface area contributed by atoms with Crippen LogP contribution in [-0.4, -0.2) is 34.6 Å². The van der Waals surface area contributed by atoms with E-state index in [1.165, 1.54) is 23.1 Å². The maximum atomic E-state index is 11.4. The Morgan fingerprint density at radius 2 is 2.30 bits per heavy atom. The van der Waals surface area contributed by atoms with Gasteiger partial charge in [0.25, 0.3) is 0 Å². The van der Waals surface area contributed by atoms with Crippen LogP contribution in [-0.2, 0) is 16.0 Å². The molecule has 8 heteroatoms. The van der Waals surface area contributed by atoms with Gasteiger partial charge in [0, 0.05) is 17.6 Å². The molecule has 0 spiro atoms. The van der Waals surface area contributed by atoms with Crippen LogP contribution in [0.1, 0.15) is 12.6 Å². The number of aromatic nitrogens is 3. The molecule has 0 N–H and O–H groups in total. The van der Waals surface area contributed by atoms with Gasteiger partial charge in [-0.15, -0.1) is 11.3 Å². The van der Waals surface area contributed by atoms with E-state index in [-0.39, 0.29) is 12.4 Å². The van der Waals surface area contributed by atoms with Gasteiger partial charge < -0.3 is 9.47 Å². The average Bonchev–Trinajstić information content (AvgIpc) is 2.86. The van der Waals surface area contributed by atoms with Gasteiger partial charge in [-0.05, 0) is 18.7 Å². The summed E-state index contributed by atoms with van der Waals surface area (Å²) in [4.78, 5) is 24.0. The van der Waals surface area contributed by atoms with E-state index in [1.54, 1.807) is 26.3 Å². The van der Waals surface area contributed by atoms with Gasteiger partial charge in [0.1, 0.15) is 0 Å². The molecule has 0 unspecified atom stereocenters. The monoisotopic (exact) mass is 311 g/mol. The lowest BCUT2D eigenvalue weighted by molar-refractivity contribution is -0.142. The number of esters is 1. The van der Waals surface area contributed by atoms with Gasteiger partial charge in [0.2, 0.25) is 5.88 Å². The highest BCUT2D eigenvalue weighted by Gasteiger charge is 2.10. The summed E-state index contributed by atoms with van der Waals surface area (Å²) in [7, 11) is 1.55. The SMILES string of the molecule is CCOC(=O)Cc1csc(Sc2nccc(OC)n2)n1. The Balaban J connectivity index is 2.00. The Bertz CT molecular complexity index is 589. The van der Waals surface area contributed by atoms with Crippen molar-refractivity contribution in [3.05, 3.63) is 23.3 Å². The van der Waals surface area contributed by atoms with Crippen molar-refractivity contribution in [2.45, 2.75) is 22.8 Å². The summed E-state index contributed by atoms with van der Waals surface area (Å²) in [6.07, 6.45) is 1.81. The zero-order chi connectivity index (χ0) is 14.4. The predicted molar refractivity (Wildman–Crippen MR) is 75.2 cm³/mol. The van der Waals surface area contributed by atoms with Gasteiger partial charge >= 0.3 is 5.97 Å². The van der Waals surface area contributed by atoms with E-state index in [9.17, 15) is 4.79 Å². The fourth-order valence-electron chi connectivity index (χ4n) is 1.34. The molecular weight excluding hydrogens is 298 g/mol. The van der Waals surface area contributed by atoms with Crippen molar-refractivity contribution in [2.24, 2.45) is 0 Å². The number of nitrogens with zero attached hydrogens (tertiary/aromatic N) is 3. The summed E-state index contributed by atoms with van der Waals surface area (Å²) in [6, 6.07) is 1.68. The molecule has 0 aromatic carbocycles. The molecule has 0 bridgehead atoms. The first kappa shape index (κ1) is 14.7. The normalized spacial score (nSPS) is 10.3. The molecule has 0 saturated heterocycles. The van der Waals surface area contributed by atoms with Crippen molar-refractivity contribution in [1.29, 1.82) is 0 Å². The number of hydrogen-bond acceptors (Lipinski definition) is 8. The smallest absolute Gasteiger partial charge is 0.311 e. The summed E-state index contributed by atoms with van der Waals surface area (Å²) in [5.41, 5.74) is 0.693. The average molecular weight is 311 g/mol. The number of methoxy groups -OCH3 is 1. The summed E-state index contributed by atoms with van der Waals surface area (Å²) >= 11 is 2.77. The summed E-state index contributed by atoms with van der Waals surface area (Å²) in [5, 5.41) is 2.39. The summed E-state index contributed by atoms with van der Waals surface area (Å²) in [5.74, 6) is 0.234. The summed E-state index contributed by atoms with van der Waals surface area (Å²) in [6.45, 7) is 2.16. The van der Waals surface area contributed by atoms with Crippen molar-refractivity contribution >= 4 is 29.1 Å². The first-order valence-corrected chi connectivity index (χ1v) is 7.55. The molecule has 2 rings (SSSR count). The largest absolute Gasteiger partial charge is 0.481 e. The highest BCUT2D eigenvalue weighted by atomic mass is 32.2. The maximum absolute atomic E-state index is 11.4. The third-order valence-electron chi connectivity index (χ3n) is 2.16. The van der Waals surface area contributed by atoms with E-state index in [1.807, 2.05) is 5.38 Å². The Hall–Kier alpha value is -1.67. The van der Waals surface area contributed by atoms with Gasteiger partial charge in [-0.2, -0.15) is 4.98 Å². The van der Waals surface area contributed by atoms with Crippen molar-refractivity contribution in [3.8, 4) is 5.88 Å². The molecule has 0 fully saturated rings. The van der Waals surface area contributed by atoms with Crippen LogP contribution in [0.5, 0.6) is 5.88 Å². The van der Waals surface area contributed by atoms with E-state index in [4.69, 9.17) is 9.47 Å². The van der Waals surface area contributed by atoms with Crippen LogP contribution in [0.25, 0.3) is 0 Å². The van der Waals surface area contributed by atoms with E-state index in [2.05, 4.69) is 15.0 Å². The number of thiazole rings is 1. The summed E-state index contributed by atoms with van der Waals surface area (Å²) < 4.78 is 10.7. The first-order chi connectivity index (χ1) is 9.71. The molecule has 0 aliphatic heterocycles. The van der Waals surface area contributed by atoms with Crippen LogP contribution in [0.4, 0.5) is 0 Å². The molecule has 0 amide bonds. The fraction of sp³-hybridized carbons (Fsp3) is 0.333. The van der Waals surface area contributed by atoms with Gasteiger partial charge in [0.05, 0.1) is 25.8 Å². The van der Waals surface area contributed by atoms with Crippen LogP contribution in [0.15, 0.2) is 27.1 Å². The molecular formula is C12H13N3O3S2. The van der Waals surface area contributed by atoms with Gasteiger partial charge in [-0.1, -0.05) is 0 Å². The number of ether oxygens (including phenoxy) is 2. The molecule has 6 nitrogen and oxygen atoms in total. The molecule has 0 radical (unpaired) electrons. The number of carbonyl (C=O) groups is 1. The minimum atomic E-state index is -0.271. The highest BCUT2D eigenvalue weighted by molar-refractivity contribution is 8.00. The van der Waals surface area contributed by atoms with Gasteiger partial charge in [0.15, 0.2) is 9.50 Å². The topological polar surface area (TPSA) is 74.2 Å². The lowest BCUT2D eigenvalue weighted by atomic mass is 10.3. The number of hydrogen-bond donors (Lipinski definition) is 0. The minimum Gasteiger partial charge on any atom is -0.481 e. The van der Waals surface area contributed by atoms with Gasteiger partial charge in [-0.25, -0.2) is 9.97 Å². The second kappa shape index (κ2) is 7.20. The molecule has 0 atom stereocenters. The molecule has 2 heterocycles. The van der Waals surface area contributed by atoms with Crippen LogP contribution >= 0.6 is 23.1 Å². The zero-order valence-electron chi connectivity index (χ0n) is 11.0. The van der Waals surface area contributed by atoms with Crippen molar-refractivity contribution < 1.29 is 14.3 Å². The third-order valence-corrected chi connectivity index (χ3v) is 4.02. The van der Waals surface area contributed by atoms with E-state index < -0.39 is 0 Å². The number of carbonyl (C=O) groups excluding carboxylic acids is 1. The zero-order valence-corrected chi connectivity index (χ0v) is 12.7. The van der Waals surface area contributed by atoms with Crippen LogP contribution in [0, 0.1) is 0 Å². The molecule has 0 saturated carbocycles. The quantitative estimate of drug-likeness (QED) is 0.598. The second-order valence-electron chi connectivity index (χ2n) is 3.57. The molecule has 20 heavy (non-hydrogen) atoms. The maximum Gasteiger partial charge on any atom is 0.311 e. The lowest BCUT2D eigenvalue weighted by Gasteiger charge is -2.00. The molecule has 0 aliphatic carbocycles. The van der Waals surface area contributed by atoms with E-state index in [0.29, 0.717) is 23.3 Å². The predicted octanol–water partition coefficient (Wildman–Crippen LogP) is 2.20. The minimum absolute atomic E-state index is 0.184.